The summed E-state index contributed by atoms with van der Waals surface area (Å²) in [5.74, 6) is 0. The molecule has 0 amide bonds. The Morgan fingerprint density at radius 3 is 2.71 bits per heavy atom. The third-order valence-electron chi connectivity index (χ3n) is 2.31. The second kappa shape index (κ2) is 4.81. The van der Waals surface area contributed by atoms with E-state index in [1.165, 1.54) is 0 Å². The van der Waals surface area contributed by atoms with Gasteiger partial charge in [-0.3, -0.25) is 9.17 Å². The molecule has 1 aromatic carbocycles. The van der Waals surface area contributed by atoms with E-state index in [-0.39, 0.29) is 6.61 Å². The zero-order chi connectivity index (χ0) is 12.3. The summed E-state index contributed by atoms with van der Waals surface area (Å²) in [6.45, 7) is 0.129. The Kier molecular flexibility index (Phi) is 3.40. The van der Waals surface area contributed by atoms with Gasteiger partial charge in [0.05, 0.1) is 18.4 Å². The molecule has 17 heavy (non-hydrogen) atoms. The first-order chi connectivity index (χ1) is 8.04. The van der Waals surface area contributed by atoms with Crippen molar-refractivity contribution in [2.24, 2.45) is 0 Å². The molecule has 0 fully saturated rings. The molecule has 1 aromatic heterocycles. The summed E-state index contributed by atoms with van der Waals surface area (Å²) in [6, 6.07) is 11.6. The lowest BCUT2D eigenvalue weighted by atomic mass is 10.2. The second-order valence-electron chi connectivity index (χ2n) is 3.77. The summed E-state index contributed by atoms with van der Waals surface area (Å²) in [4.78, 5) is 4.42. The zero-order valence-corrected chi connectivity index (χ0v) is 10.3. The molecule has 0 bridgehead atoms. The van der Waals surface area contributed by atoms with Gasteiger partial charge in [-0.15, -0.1) is 0 Å². The van der Waals surface area contributed by atoms with Crippen LogP contribution in [0.2, 0.25) is 0 Å². The van der Waals surface area contributed by atoms with Gasteiger partial charge in [-0.05, 0) is 12.1 Å². The van der Waals surface area contributed by atoms with Crippen molar-refractivity contribution in [1.82, 2.24) is 4.98 Å². The van der Waals surface area contributed by atoms with Crippen LogP contribution in [0, 0.1) is 0 Å². The number of pyridine rings is 1. The molecular weight excluding hydrogens is 238 g/mol. The molecule has 90 valence electrons. The summed E-state index contributed by atoms with van der Waals surface area (Å²) in [5.41, 5.74) is 1.73. The van der Waals surface area contributed by atoms with Crippen LogP contribution in [0.1, 0.15) is 5.69 Å². The highest BCUT2D eigenvalue weighted by molar-refractivity contribution is 7.85. The second-order valence-corrected chi connectivity index (χ2v) is 5.42. The van der Waals surface area contributed by atoms with E-state index in [1.54, 1.807) is 0 Å². The molecule has 0 saturated heterocycles. The van der Waals surface area contributed by atoms with E-state index < -0.39 is 10.1 Å². The molecule has 0 aliphatic carbocycles. The van der Waals surface area contributed by atoms with Crippen molar-refractivity contribution in [2.45, 2.75) is 6.42 Å². The Morgan fingerprint density at radius 1 is 1.18 bits per heavy atom. The van der Waals surface area contributed by atoms with E-state index >= 15 is 0 Å². The fraction of sp³-hybridized carbons (Fsp3) is 0.250. The summed E-state index contributed by atoms with van der Waals surface area (Å²) in [5, 5.41) is 1.07. The Labute approximate surface area is 100 Å². The Morgan fingerprint density at radius 2 is 1.94 bits per heavy atom. The normalized spacial score (nSPS) is 11.8. The maximum absolute atomic E-state index is 10.8. The number of nitrogens with zero attached hydrogens (tertiary/aromatic N) is 1. The summed E-state index contributed by atoms with van der Waals surface area (Å²) < 4.78 is 26.3. The molecule has 0 radical (unpaired) electrons. The van der Waals surface area contributed by atoms with Gasteiger partial charge < -0.3 is 0 Å². The number of rotatable bonds is 4. The van der Waals surface area contributed by atoms with Crippen LogP contribution in [-0.2, 0) is 20.7 Å². The quantitative estimate of drug-likeness (QED) is 0.777. The van der Waals surface area contributed by atoms with Crippen LogP contribution in [0.5, 0.6) is 0 Å². The lowest BCUT2D eigenvalue weighted by molar-refractivity contribution is 0.325. The van der Waals surface area contributed by atoms with Crippen molar-refractivity contribution in [1.29, 1.82) is 0 Å². The van der Waals surface area contributed by atoms with E-state index in [2.05, 4.69) is 9.17 Å². The summed E-state index contributed by atoms with van der Waals surface area (Å²) >= 11 is 0. The molecule has 0 saturated carbocycles. The van der Waals surface area contributed by atoms with Crippen molar-refractivity contribution in [2.75, 3.05) is 12.9 Å². The number of hydrogen-bond donors (Lipinski definition) is 0. The van der Waals surface area contributed by atoms with Crippen LogP contribution in [0.3, 0.4) is 0 Å². The topological polar surface area (TPSA) is 56.3 Å². The number of aromatic nitrogens is 1. The lowest BCUT2D eigenvalue weighted by Crippen LogP contribution is -2.06. The van der Waals surface area contributed by atoms with Crippen molar-refractivity contribution >= 4 is 21.0 Å². The number of para-hydroxylation sites is 1. The van der Waals surface area contributed by atoms with Crippen LogP contribution in [0.4, 0.5) is 0 Å². The maximum Gasteiger partial charge on any atom is 0.264 e. The predicted octanol–water partition coefficient (Wildman–Crippen LogP) is 1.75. The molecule has 0 aliphatic rings. The van der Waals surface area contributed by atoms with E-state index in [9.17, 15) is 8.42 Å². The summed E-state index contributed by atoms with van der Waals surface area (Å²) in [7, 11) is -3.36. The molecule has 0 N–H and O–H groups in total. The van der Waals surface area contributed by atoms with Crippen LogP contribution in [-0.4, -0.2) is 26.3 Å². The van der Waals surface area contributed by atoms with Crippen LogP contribution < -0.4 is 0 Å². The minimum absolute atomic E-state index is 0.129. The molecule has 4 nitrogen and oxygen atoms in total. The van der Waals surface area contributed by atoms with E-state index in [0.29, 0.717) is 6.42 Å². The van der Waals surface area contributed by atoms with Crippen LogP contribution in [0.15, 0.2) is 36.4 Å². The van der Waals surface area contributed by atoms with Gasteiger partial charge in [-0.1, -0.05) is 24.3 Å². The van der Waals surface area contributed by atoms with Crippen molar-refractivity contribution < 1.29 is 12.6 Å². The average Bonchev–Trinajstić information content (AvgIpc) is 2.27. The van der Waals surface area contributed by atoms with Gasteiger partial charge in [0.2, 0.25) is 0 Å². The molecular formula is C12H13NO3S. The molecule has 1 heterocycles. The van der Waals surface area contributed by atoms with E-state index in [0.717, 1.165) is 22.9 Å². The van der Waals surface area contributed by atoms with Gasteiger partial charge in [0.1, 0.15) is 0 Å². The number of fused-ring (bicyclic) bond motifs is 1. The average molecular weight is 251 g/mol. The minimum Gasteiger partial charge on any atom is -0.270 e. The van der Waals surface area contributed by atoms with Crippen LogP contribution >= 0.6 is 0 Å². The van der Waals surface area contributed by atoms with Crippen molar-refractivity contribution in [3.05, 3.63) is 42.1 Å². The molecule has 0 aliphatic heterocycles. The fourth-order valence-electron chi connectivity index (χ4n) is 1.55. The monoisotopic (exact) mass is 251 g/mol. The number of hydrogen-bond acceptors (Lipinski definition) is 4. The molecule has 2 aromatic rings. The molecule has 5 heteroatoms. The van der Waals surface area contributed by atoms with Gasteiger partial charge in [-0.2, -0.15) is 8.42 Å². The molecule has 2 rings (SSSR count). The standard InChI is InChI=1S/C12H13NO3S/c1-17(14,15)16-9-8-11-7-6-10-4-2-3-5-12(10)13-11/h2-7H,8-9H2,1H3. The minimum atomic E-state index is -3.36. The Hall–Kier alpha value is -1.46. The highest BCUT2D eigenvalue weighted by atomic mass is 32.2. The van der Waals surface area contributed by atoms with E-state index in [4.69, 9.17) is 0 Å². The van der Waals surface area contributed by atoms with Gasteiger partial charge in [0, 0.05) is 17.5 Å². The first-order valence-corrected chi connectivity index (χ1v) is 7.05. The first-order valence-electron chi connectivity index (χ1n) is 5.24. The molecule has 0 spiro atoms. The first kappa shape index (κ1) is 12.0. The Bertz CT molecular complexity index is 622. The van der Waals surface area contributed by atoms with Crippen molar-refractivity contribution in [3.63, 3.8) is 0 Å². The molecule has 0 unspecified atom stereocenters. The SMILES string of the molecule is CS(=O)(=O)OCCc1ccc2ccccc2n1. The third-order valence-corrected chi connectivity index (χ3v) is 2.91. The predicted molar refractivity (Wildman–Crippen MR) is 66.2 cm³/mol. The smallest absolute Gasteiger partial charge is 0.264 e. The maximum atomic E-state index is 10.8. The molecule has 0 atom stereocenters. The summed E-state index contributed by atoms with van der Waals surface area (Å²) in [6.07, 6.45) is 1.53. The van der Waals surface area contributed by atoms with Gasteiger partial charge in [0.15, 0.2) is 0 Å². The highest BCUT2D eigenvalue weighted by Gasteiger charge is 2.03. The lowest BCUT2D eigenvalue weighted by Gasteiger charge is -2.03. The van der Waals surface area contributed by atoms with Gasteiger partial charge in [0.25, 0.3) is 10.1 Å². The highest BCUT2D eigenvalue weighted by Crippen LogP contribution is 2.12. The fourth-order valence-corrected chi connectivity index (χ4v) is 1.93. The zero-order valence-electron chi connectivity index (χ0n) is 9.46. The van der Waals surface area contributed by atoms with Gasteiger partial charge >= 0.3 is 0 Å². The van der Waals surface area contributed by atoms with Gasteiger partial charge in [-0.25, -0.2) is 0 Å². The number of benzene rings is 1. The Balaban J connectivity index is 2.09. The van der Waals surface area contributed by atoms with Crippen LogP contribution in [0.25, 0.3) is 10.9 Å². The van der Waals surface area contributed by atoms with E-state index in [1.807, 2.05) is 36.4 Å². The largest absolute Gasteiger partial charge is 0.270 e. The third kappa shape index (κ3) is 3.51. The van der Waals surface area contributed by atoms with Crippen molar-refractivity contribution in [3.8, 4) is 0 Å².